The summed E-state index contributed by atoms with van der Waals surface area (Å²) in [6.07, 6.45) is 5.37. The van der Waals surface area contributed by atoms with E-state index < -0.39 is 0 Å². The highest BCUT2D eigenvalue weighted by molar-refractivity contribution is 6.09. The summed E-state index contributed by atoms with van der Waals surface area (Å²) < 4.78 is 10.8. The lowest BCUT2D eigenvalue weighted by atomic mass is 9.88. The Labute approximate surface area is 231 Å². The van der Waals surface area contributed by atoms with Crippen molar-refractivity contribution in [2.45, 2.75) is 40.0 Å². The quantitative estimate of drug-likeness (QED) is 0.182. The van der Waals surface area contributed by atoms with Gasteiger partial charge in [0.1, 0.15) is 23.7 Å². The van der Waals surface area contributed by atoms with E-state index >= 15 is 0 Å². The van der Waals surface area contributed by atoms with Crippen LogP contribution >= 0.6 is 0 Å². The summed E-state index contributed by atoms with van der Waals surface area (Å²) in [5, 5.41) is 2.38. The second kappa shape index (κ2) is 9.26. The van der Waals surface area contributed by atoms with Gasteiger partial charge in [-0.15, -0.1) is 0 Å². The molecular weight excluding hydrogens is 480 g/mol. The minimum Gasteiger partial charge on any atom is -0.459 e. The number of benzene rings is 3. The highest BCUT2D eigenvalue weighted by atomic mass is 16.5. The number of nitrogens with zero attached hydrogens (tertiary/aromatic N) is 4. The molecule has 0 atom stereocenters. The number of pyridine rings is 1. The number of fused-ring (bicyclic) bond motifs is 3. The highest BCUT2D eigenvalue weighted by Crippen LogP contribution is 2.36. The third kappa shape index (κ3) is 4.89. The second-order valence-corrected chi connectivity index (χ2v) is 12.5. The molecule has 0 aliphatic carbocycles. The lowest BCUT2D eigenvalue weighted by Gasteiger charge is -2.38. The van der Waals surface area contributed by atoms with Crippen LogP contribution in [-0.4, -0.2) is 40.6 Å². The van der Waals surface area contributed by atoms with Crippen LogP contribution in [-0.2, 0) is 5.41 Å². The van der Waals surface area contributed by atoms with Crippen LogP contribution in [0.3, 0.4) is 0 Å². The minimum atomic E-state index is 0.0307. The third-order valence-electron chi connectivity index (χ3n) is 7.39. The predicted molar refractivity (Wildman–Crippen MR) is 161 cm³/mol. The Hall–Kier alpha value is -4.12. The molecule has 5 heteroatoms. The average molecular weight is 517 g/mol. The SMILES string of the molecule is C[N+]1=[C-]N(c2cccc(Oc3ccc4c5ccccc5n(-c5cc(C(C)(C)C)ccn5)c4c3)c2)CC(C)(C)C1. The lowest BCUT2D eigenvalue weighted by molar-refractivity contribution is -0.512. The van der Waals surface area contributed by atoms with E-state index in [-0.39, 0.29) is 10.8 Å². The maximum absolute atomic E-state index is 6.46. The van der Waals surface area contributed by atoms with Crippen LogP contribution in [0.5, 0.6) is 11.5 Å². The van der Waals surface area contributed by atoms with E-state index in [0.717, 1.165) is 47.1 Å². The Balaban J connectivity index is 1.41. The van der Waals surface area contributed by atoms with Crippen LogP contribution in [0.4, 0.5) is 5.69 Å². The number of hydrogen-bond acceptors (Lipinski definition) is 3. The monoisotopic (exact) mass is 516 g/mol. The van der Waals surface area contributed by atoms with Crippen molar-refractivity contribution in [1.29, 1.82) is 0 Å². The first-order valence-electron chi connectivity index (χ1n) is 13.6. The molecule has 2 aromatic heterocycles. The summed E-state index contributed by atoms with van der Waals surface area (Å²) >= 11 is 0. The van der Waals surface area contributed by atoms with E-state index in [0.29, 0.717) is 0 Å². The first-order valence-corrected chi connectivity index (χ1v) is 13.6. The minimum absolute atomic E-state index is 0.0307. The fraction of sp³-hybridized carbons (Fsp3) is 0.294. The summed E-state index contributed by atoms with van der Waals surface area (Å²) in [5.41, 5.74) is 4.74. The van der Waals surface area contributed by atoms with E-state index in [1.165, 1.54) is 16.3 Å². The normalized spacial score (nSPS) is 15.5. The van der Waals surface area contributed by atoms with E-state index in [4.69, 9.17) is 9.72 Å². The molecule has 3 heterocycles. The van der Waals surface area contributed by atoms with Crippen molar-refractivity contribution in [3.63, 3.8) is 0 Å². The first-order chi connectivity index (χ1) is 18.6. The first kappa shape index (κ1) is 25.2. The zero-order valence-corrected chi connectivity index (χ0v) is 23.7. The van der Waals surface area contributed by atoms with Crippen LogP contribution in [0.15, 0.2) is 85.1 Å². The third-order valence-corrected chi connectivity index (χ3v) is 7.39. The van der Waals surface area contributed by atoms with Crippen molar-refractivity contribution < 1.29 is 9.31 Å². The van der Waals surface area contributed by atoms with Crippen LogP contribution in [0.1, 0.15) is 40.2 Å². The van der Waals surface area contributed by atoms with Gasteiger partial charge < -0.3 is 14.2 Å². The standard InChI is InChI=1S/C34H36N4O/c1-33(2,3)24-16-17-35-32(18-24)38-30-13-8-7-12-28(30)29-15-14-27(20-31(29)38)39-26-11-9-10-25(19-26)37-22-34(4,5)21-36(6)23-37/h7-20H,21-22H2,1-6H3. The number of aromatic nitrogens is 2. The Morgan fingerprint density at radius 1 is 0.872 bits per heavy atom. The van der Waals surface area contributed by atoms with Crippen molar-refractivity contribution >= 4 is 33.8 Å². The van der Waals surface area contributed by atoms with E-state index in [1.807, 2.05) is 18.3 Å². The van der Waals surface area contributed by atoms with Gasteiger partial charge in [-0.1, -0.05) is 71.0 Å². The fourth-order valence-corrected chi connectivity index (χ4v) is 5.66. The number of anilines is 1. The van der Waals surface area contributed by atoms with Gasteiger partial charge in [-0.2, -0.15) is 0 Å². The van der Waals surface area contributed by atoms with Crippen molar-refractivity contribution in [1.82, 2.24) is 9.55 Å². The molecule has 0 N–H and O–H groups in total. The predicted octanol–water partition coefficient (Wildman–Crippen LogP) is 7.66. The Morgan fingerprint density at radius 2 is 1.64 bits per heavy atom. The van der Waals surface area contributed by atoms with Crippen molar-refractivity contribution in [3.05, 3.63) is 90.6 Å². The summed E-state index contributed by atoms with van der Waals surface area (Å²) in [7, 11) is 2.08. The van der Waals surface area contributed by atoms with E-state index in [1.54, 1.807) is 0 Å². The van der Waals surface area contributed by atoms with Crippen molar-refractivity contribution in [3.8, 4) is 17.3 Å². The maximum atomic E-state index is 6.46. The zero-order valence-electron chi connectivity index (χ0n) is 23.7. The number of rotatable bonds is 4. The van der Waals surface area contributed by atoms with Crippen molar-refractivity contribution in [2.24, 2.45) is 5.41 Å². The van der Waals surface area contributed by atoms with Gasteiger partial charge in [0.25, 0.3) is 0 Å². The van der Waals surface area contributed by atoms with E-state index in [9.17, 15) is 0 Å². The Kier molecular flexibility index (Phi) is 5.98. The molecule has 198 valence electrons. The molecule has 6 rings (SSSR count). The molecule has 1 aliphatic rings. The second-order valence-electron chi connectivity index (χ2n) is 12.5. The van der Waals surface area contributed by atoms with Gasteiger partial charge in [0.15, 0.2) is 0 Å². The van der Waals surface area contributed by atoms with Gasteiger partial charge in [-0.25, -0.2) is 4.98 Å². The summed E-state index contributed by atoms with van der Waals surface area (Å²) in [6, 6.07) is 27.4. The highest BCUT2D eigenvalue weighted by Gasteiger charge is 2.27. The Bertz CT molecular complexity index is 1720. The van der Waals surface area contributed by atoms with Crippen LogP contribution in [0.25, 0.3) is 27.6 Å². The van der Waals surface area contributed by atoms with Gasteiger partial charge in [-0.3, -0.25) is 4.57 Å². The van der Waals surface area contributed by atoms with Gasteiger partial charge in [0.2, 0.25) is 0 Å². The summed E-state index contributed by atoms with van der Waals surface area (Å²) in [5.74, 6) is 2.51. The molecule has 0 radical (unpaired) electrons. The topological polar surface area (TPSA) is 33.3 Å². The number of para-hydroxylation sites is 1. The molecule has 0 fully saturated rings. The molecule has 0 amide bonds. The molecule has 5 nitrogen and oxygen atoms in total. The molecule has 0 spiro atoms. The largest absolute Gasteiger partial charge is 0.459 e. The molecule has 0 bridgehead atoms. The number of hydrogen-bond donors (Lipinski definition) is 0. The molecule has 1 aliphatic heterocycles. The smallest absolute Gasteiger partial charge is 0.137 e. The number of ether oxygens (including phenoxy) is 1. The lowest BCUT2D eigenvalue weighted by Crippen LogP contribution is -2.45. The van der Waals surface area contributed by atoms with Gasteiger partial charge in [0, 0.05) is 28.5 Å². The van der Waals surface area contributed by atoms with Crippen LogP contribution in [0, 0.1) is 5.41 Å². The average Bonchev–Trinajstić information content (AvgIpc) is 3.21. The molecule has 0 saturated heterocycles. The van der Waals surface area contributed by atoms with Crippen LogP contribution < -0.4 is 9.64 Å². The van der Waals surface area contributed by atoms with E-state index in [2.05, 4.69) is 129 Å². The maximum Gasteiger partial charge on any atom is 0.137 e. The molecular formula is C34H36N4O. The zero-order chi connectivity index (χ0) is 27.4. The van der Waals surface area contributed by atoms with Gasteiger partial charge in [0.05, 0.1) is 31.2 Å². The van der Waals surface area contributed by atoms with Crippen LogP contribution in [0.2, 0.25) is 0 Å². The molecule has 3 aromatic carbocycles. The fourth-order valence-electron chi connectivity index (χ4n) is 5.66. The molecule has 0 unspecified atom stereocenters. The Morgan fingerprint density at radius 3 is 2.44 bits per heavy atom. The van der Waals surface area contributed by atoms with Gasteiger partial charge >= 0.3 is 0 Å². The molecule has 5 aromatic rings. The van der Waals surface area contributed by atoms with Crippen molar-refractivity contribution in [2.75, 3.05) is 25.0 Å². The summed E-state index contributed by atoms with van der Waals surface area (Å²) in [4.78, 5) is 6.98. The molecule has 0 saturated carbocycles. The summed E-state index contributed by atoms with van der Waals surface area (Å²) in [6.45, 7) is 13.2. The molecule has 39 heavy (non-hydrogen) atoms. The van der Waals surface area contributed by atoms with Gasteiger partial charge in [-0.05, 0) is 53.1 Å².